The van der Waals surface area contributed by atoms with Crippen molar-refractivity contribution in [2.24, 2.45) is 0 Å². The maximum absolute atomic E-state index is 12.4. The van der Waals surface area contributed by atoms with Crippen LogP contribution in [-0.2, 0) is 0 Å². The first-order chi connectivity index (χ1) is 8.59. The van der Waals surface area contributed by atoms with Gasteiger partial charge in [0, 0.05) is 25.3 Å². The van der Waals surface area contributed by atoms with Crippen molar-refractivity contribution in [1.29, 1.82) is 0 Å². The van der Waals surface area contributed by atoms with Crippen molar-refractivity contribution >= 4 is 11.7 Å². The average molecular weight is 248 g/mol. The SMILES string of the molecule is CN(C)C1CCCN(C(=O)c2cccnc2N)C1. The van der Waals surface area contributed by atoms with Crippen LogP contribution in [0.4, 0.5) is 5.82 Å². The molecule has 0 spiro atoms. The first-order valence-electron chi connectivity index (χ1n) is 6.26. The highest BCUT2D eigenvalue weighted by molar-refractivity contribution is 5.98. The largest absolute Gasteiger partial charge is 0.383 e. The van der Waals surface area contributed by atoms with Crippen LogP contribution >= 0.6 is 0 Å². The van der Waals surface area contributed by atoms with Gasteiger partial charge in [0.05, 0.1) is 5.56 Å². The lowest BCUT2D eigenvalue weighted by molar-refractivity contribution is 0.0636. The Bertz CT molecular complexity index is 433. The maximum atomic E-state index is 12.4. The highest BCUT2D eigenvalue weighted by Crippen LogP contribution is 2.18. The molecule has 18 heavy (non-hydrogen) atoms. The van der Waals surface area contributed by atoms with Crippen molar-refractivity contribution in [3.63, 3.8) is 0 Å². The Morgan fingerprint density at radius 1 is 1.56 bits per heavy atom. The summed E-state index contributed by atoms with van der Waals surface area (Å²) in [6, 6.07) is 3.92. The van der Waals surface area contributed by atoms with E-state index in [1.54, 1.807) is 18.3 Å². The smallest absolute Gasteiger partial charge is 0.257 e. The van der Waals surface area contributed by atoms with E-state index >= 15 is 0 Å². The van der Waals surface area contributed by atoms with Crippen LogP contribution in [0.5, 0.6) is 0 Å². The zero-order valence-corrected chi connectivity index (χ0v) is 11.0. The van der Waals surface area contributed by atoms with Crippen molar-refractivity contribution in [2.75, 3.05) is 32.9 Å². The van der Waals surface area contributed by atoms with E-state index in [-0.39, 0.29) is 5.91 Å². The molecule has 2 rings (SSSR count). The molecule has 0 radical (unpaired) electrons. The van der Waals surface area contributed by atoms with Gasteiger partial charge in [-0.05, 0) is 39.1 Å². The molecule has 1 aliphatic heterocycles. The number of carbonyl (C=O) groups excluding carboxylic acids is 1. The van der Waals surface area contributed by atoms with E-state index in [2.05, 4.69) is 24.0 Å². The standard InChI is InChI=1S/C13H20N4O/c1-16(2)10-5-4-8-17(9-10)13(18)11-6-3-7-15-12(11)14/h3,6-7,10H,4-5,8-9H2,1-2H3,(H2,14,15). The van der Waals surface area contributed by atoms with E-state index in [1.807, 2.05) is 4.90 Å². The predicted molar refractivity (Wildman–Crippen MR) is 71.3 cm³/mol. The van der Waals surface area contributed by atoms with Crippen LogP contribution in [0, 0.1) is 0 Å². The Hall–Kier alpha value is -1.62. The Kier molecular flexibility index (Phi) is 3.81. The number of hydrogen-bond donors (Lipinski definition) is 1. The molecule has 0 saturated carbocycles. The maximum Gasteiger partial charge on any atom is 0.257 e. The molecule has 2 heterocycles. The third-order valence-corrected chi connectivity index (χ3v) is 3.48. The van der Waals surface area contributed by atoms with Crippen LogP contribution in [0.1, 0.15) is 23.2 Å². The van der Waals surface area contributed by atoms with Crippen molar-refractivity contribution in [2.45, 2.75) is 18.9 Å². The first kappa shape index (κ1) is 12.8. The molecule has 1 atom stereocenters. The van der Waals surface area contributed by atoms with Gasteiger partial charge in [0.25, 0.3) is 5.91 Å². The molecule has 0 aromatic carbocycles. The number of hydrogen-bond acceptors (Lipinski definition) is 4. The number of piperidine rings is 1. The summed E-state index contributed by atoms with van der Waals surface area (Å²) in [5, 5.41) is 0. The molecule has 1 fully saturated rings. The number of amides is 1. The average Bonchev–Trinajstić information content (AvgIpc) is 2.38. The Labute approximate surface area is 108 Å². The van der Waals surface area contributed by atoms with Gasteiger partial charge in [0.15, 0.2) is 0 Å². The highest BCUT2D eigenvalue weighted by Gasteiger charge is 2.26. The number of pyridine rings is 1. The van der Waals surface area contributed by atoms with Crippen LogP contribution in [0.25, 0.3) is 0 Å². The van der Waals surface area contributed by atoms with Crippen molar-refractivity contribution < 1.29 is 4.79 Å². The van der Waals surface area contributed by atoms with Crippen LogP contribution in [-0.4, -0.2) is 53.9 Å². The fraction of sp³-hybridized carbons (Fsp3) is 0.538. The summed E-state index contributed by atoms with van der Waals surface area (Å²) < 4.78 is 0. The lowest BCUT2D eigenvalue weighted by Gasteiger charge is -2.36. The number of likely N-dealkylation sites (tertiary alicyclic amines) is 1. The lowest BCUT2D eigenvalue weighted by Crippen LogP contribution is -2.47. The van der Waals surface area contributed by atoms with Gasteiger partial charge in [0.1, 0.15) is 5.82 Å². The molecule has 5 nitrogen and oxygen atoms in total. The molecule has 1 aromatic heterocycles. The van der Waals surface area contributed by atoms with Gasteiger partial charge in [-0.2, -0.15) is 0 Å². The van der Waals surface area contributed by atoms with Gasteiger partial charge in [-0.1, -0.05) is 0 Å². The third-order valence-electron chi connectivity index (χ3n) is 3.48. The van der Waals surface area contributed by atoms with Crippen molar-refractivity contribution in [3.05, 3.63) is 23.9 Å². The molecule has 2 N–H and O–H groups in total. The Morgan fingerprint density at radius 3 is 3.00 bits per heavy atom. The molecule has 0 bridgehead atoms. The number of nitrogens with two attached hydrogens (primary N) is 1. The third kappa shape index (κ3) is 2.61. The second kappa shape index (κ2) is 5.35. The second-order valence-corrected chi connectivity index (χ2v) is 4.95. The molecule has 5 heteroatoms. The Balaban J connectivity index is 2.12. The summed E-state index contributed by atoms with van der Waals surface area (Å²) in [6.45, 7) is 1.57. The number of nitrogens with zero attached hydrogens (tertiary/aromatic N) is 3. The van der Waals surface area contributed by atoms with Gasteiger partial charge in [-0.15, -0.1) is 0 Å². The van der Waals surface area contributed by atoms with E-state index in [4.69, 9.17) is 5.73 Å². The van der Waals surface area contributed by atoms with Crippen LogP contribution in [0.15, 0.2) is 18.3 Å². The summed E-state index contributed by atoms with van der Waals surface area (Å²) >= 11 is 0. The molecule has 1 aromatic rings. The van der Waals surface area contributed by atoms with Crippen LogP contribution < -0.4 is 5.73 Å². The molecule has 98 valence electrons. The number of carbonyl (C=O) groups is 1. The summed E-state index contributed by atoms with van der Waals surface area (Å²) in [6.07, 6.45) is 3.78. The number of aromatic nitrogens is 1. The summed E-state index contributed by atoms with van der Waals surface area (Å²) in [7, 11) is 4.11. The lowest BCUT2D eigenvalue weighted by atomic mass is 10.0. The zero-order chi connectivity index (χ0) is 13.1. The van der Waals surface area contributed by atoms with E-state index in [0.29, 0.717) is 17.4 Å². The highest BCUT2D eigenvalue weighted by atomic mass is 16.2. The fourth-order valence-corrected chi connectivity index (χ4v) is 2.33. The molecular formula is C13H20N4O. The monoisotopic (exact) mass is 248 g/mol. The Morgan fingerprint density at radius 2 is 2.33 bits per heavy atom. The summed E-state index contributed by atoms with van der Waals surface area (Å²) in [4.78, 5) is 20.4. The van der Waals surface area contributed by atoms with Gasteiger partial charge >= 0.3 is 0 Å². The van der Waals surface area contributed by atoms with Crippen molar-refractivity contribution in [1.82, 2.24) is 14.8 Å². The molecule has 0 aliphatic carbocycles. The zero-order valence-electron chi connectivity index (χ0n) is 11.0. The van der Waals surface area contributed by atoms with Gasteiger partial charge in [-0.3, -0.25) is 4.79 Å². The topological polar surface area (TPSA) is 62.5 Å². The van der Waals surface area contributed by atoms with Gasteiger partial charge < -0.3 is 15.5 Å². The second-order valence-electron chi connectivity index (χ2n) is 4.95. The molecular weight excluding hydrogens is 228 g/mol. The minimum atomic E-state index is -0.00727. The van der Waals surface area contributed by atoms with Crippen LogP contribution in [0.3, 0.4) is 0 Å². The number of nitrogen functional groups attached to an aromatic ring is 1. The molecule has 1 saturated heterocycles. The predicted octanol–water partition coefficient (Wildman–Crippen LogP) is 0.830. The summed E-state index contributed by atoms with van der Waals surface area (Å²) in [5.74, 6) is 0.307. The number of rotatable bonds is 2. The van der Waals surface area contributed by atoms with Crippen molar-refractivity contribution in [3.8, 4) is 0 Å². The van der Waals surface area contributed by atoms with E-state index in [9.17, 15) is 4.79 Å². The fourth-order valence-electron chi connectivity index (χ4n) is 2.33. The molecule has 1 aliphatic rings. The first-order valence-corrected chi connectivity index (χ1v) is 6.26. The van der Waals surface area contributed by atoms with Gasteiger partial charge in [0.2, 0.25) is 0 Å². The van der Waals surface area contributed by atoms with Crippen LogP contribution in [0.2, 0.25) is 0 Å². The van der Waals surface area contributed by atoms with E-state index < -0.39 is 0 Å². The minimum Gasteiger partial charge on any atom is -0.383 e. The molecule has 1 unspecified atom stereocenters. The normalized spacial score (nSPS) is 20.2. The van der Waals surface area contributed by atoms with E-state index in [0.717, 1.165) is 25.9 Å². The van der Waals surface area contributed by atoms with Gasteiger partial charge in [-0.25, -0.2) is 4.98 Å². The summed E-state index contributed by atoms with van der Waals surface area (Å²) in [5.41, 5.74) is 6.26. The minimum absolute atomic E-state index is 0.00727. The quantitative estimate of drug-likeness (QED) is 0.842. The molecule has 1 amide bonds. The van der Waals surface area contributed by atoms with E-state index in [1.165, 1.54) is 0 Å². The number of likely N-dealkylation sites (N-methyl/N-ethyl adjacent to an activating group) is 1. The number of anilines is 1.